The fourth-order valence-corrected chi connectivity index (χ4v) is 11.3. The third-order valence-corrected chi connectivity index (χ3v) is 14.2. The van der Waals surface area contributed by atoms with E-state index in [2.05, 4.69) is 68.1 Å². The number of rotatable bonds is 4. The third kappa shape index (κ3) is 5.47. The maximum Gasteiger partial charge on any atom is 0.267 e. The summed E-state index contributed by atoms with van der Waals surface area (Å²) in [6, 6.07) is 72.4. The van der Waals surface area contributed by atoms with E-state index in [1.54, 1.807) is 4.57 Å². The number of aromatic nitrogens is 2. The molecule has 0 saturated heterocycles. The molecule has 0 fully saturated rings. The standard InChI is InChI=1S/C62H36N6O5/c69-62-56-55(61-63-37-19-1-2-20-38(37)68(61)62)57(64-39-21-3-11-29-47(39)70-48-30-12-4-22-40(48)64)59(66-43-25-7-15-33-51(43)72-52-34-16-8-26-44(52)66)60(67-45-27-9-17-35-53(45)73-54-36-18-10-28-46(54)67)58(56)65-41-23-5-13-31-49(41)71-50-32-14-6-24-42(50)65/h1-36H. The monoisotopic (exact) mass is 944 g/mol. The molecule has 344 valence electrons. The largest absolute Gasteiger partial charge is 0.453 e. The first-order valence-electron chi connectivity index (χ1n) is 24.1. The number of imidazole rings is 1. The minimum atomic E-state index is -0.239. The number of carbonyl (C=O) groups excluding carboxylic acids is 1. The van der Waals surface area contributed by atoms with Crippen LogP contribution in [0.3, 0.4) is 0 Å². The van der Waals surface area contributed by atoms with E-state index in [1.165, 1.54) is 0 Å². The van der Waals surface area contributed by atoms with Gasteiger partial charge in [-0.2, -0.15) is 0 Å². The van der Waals surface area contributed by atoms with E-state index in [0.717, 1.165) is 45.5 Å². The Balaban J connectivity index is 1.21. The number of hydrogen-bond acceptors (Lipinski definition) is 10. The van der Waals surface area contributed by atoms with Gasteiger partial charge in [0.2, 0.25) is 0 Å². The van der Waals surface area contributed by atoms with Gasteiger partial charge in [0.15, 0.2) is 51.8 Å². The van der Waals surface area contributed by atoms with E-state index in [1.807, 2.05) is 170 Å². The Morgan fingerprint density at radius 3 is 0.877 bits per heavy atom. The van der Waals surface area contributed by atoms with Crippen molar-refractivity contribution in [3.63, 3.8) is 0 Å². The molecular formula is C62H36N6O5. The SMILES string of the molecule is O=C1c2c(c(N3c4ccccc4Oc4ccccc43)c(N3c4ccccc4Oc4ccccc43)c(N3c4ccccc4Oc4ccccc43)c2N2c3ccccc3Oc3ccccc32)-c2nc3ccccc3n21. The van der Waals surface area contributed by atoms with Crippen LogP contribution in [0.4, 0.5) is 68.2 Å². The van der Waals surface area contributed by atoms with E-state index in [4.69, 9.17) is 23.9 Å². The lowest BCUT2D eigenvalue weighted by Crippen LogP contribution is -2.29. The summed E-state index contributed by atoms with van der Waals surface area (Å²) in [6.07, 6.45) is 0. The number of hydrogen-bond donors (Lipinski definition) is 0. The molecule has 0 bridgehead atoms. The Morgan fingerprint density at radius 1 is 0.288 bits per heavy atom. The van der Waals surface area contributed by atoms with Crippen LogP contribution in [-0.4, -0.2) is 15.5 Å². The summed E-state index contributed by atoms with van der Waals surface area (Å²) >= 11 is 0. The summed E-state index contributed by atoms with van der Waals surface area (Å²) in [4.78, 5) is 31.3. The van der Waals surface area contributed by atoms with E-state index >= 15 is 4.79 Å². The van der Waals surface area contributed by atoms with E-state index < -0.39 is 0 Å². The highest BCUT2D eigenvalue weighted by Gasteiger charge is 2.49. The molecular weight excluding hydrogens is 909 g/mol. The molecule has 10 aromatic carbocycles. The Labute approximate surface area is 417 Å². The van der Waals surface area contributed by atoms with Crippen molar-refractivity contribution < 1.29 is 23.7 Å². The molecule has 0 N–H and O–H groups in total. The van der Waals surface area contributed by atoms with Crippen molar-refractivity contribution in [2.45, 2.75) is 0 Å². The van der Waals surface area contributed by atoms with Crippen LogP contribution in [0.25, 0.3) is 22.4 Å². The van der Waals surface area contributed by atoms with Gasteiger partial charge in [0.25, 0.3) is 5.91 Å². The number of fused-ring (bicyclic) bond motifs is 13. The maximum atomic E-state index is 16.7. The van der Waals surface area contributed by atoms with Crippen LogP contribution in [0.5, 0.6) is 46.0 Å². The van der Waals surface area contributed by atoms with Crippen LogP contribution >= 0.6 is 0 Å². The van der Waals surface area contributed by atoms with Gasteiger partial charge in [-0.15, -0.1) is 0 Å². The minimum absolute atomic E-state index is 0.239. The predicted molar refractivity (Wildman–Crippen MR) is 284 cm³/mol. The number of benzene rings is 10. The lowest BCUT2D eigenvalue weighted by molar-refractivity contribution is 0.0974. The molecule has 0 amide bonds. The molecule has 1 aromatic heterocycles. The summed E-state index contributed by atoms with van der Waals surface area (Å²) < 4.78 is 29.1. The fourth-order valence-electron chi connectivity index (χ4n) is 11.3. The van der Waals surface area contributed by atoms with Gasteiger partial charge in [-0.25, -0.2) is 4.98 Å². The van der Waals surface area contributed by atoms with Crippen molar-refractivity contribution in [2.24, 2.45) is 0 Å². The maximum absolute atomic E-state index is 16.7. The van der Waals surface area contributed by atoms with E-state index in [-0.39, 0.29) is 5.91 Å². The van der Waals surface area contributed by atoms with Gasteiger partial charge >= 0.3 is 0 Å². The average molecular weight is 945 g/mol. The van der Waals surface area contributed by atoms with Gasteiger partial charge in [-0.1, -0.05) is 109 Å². The molecule has 0 atom stereocenters. The quantitative estimate of drug-likeness (QED) is 0.170. The smallest absolute Gasteiger partial charge is 0.267 e. The molecule has 0 saturated carbocycles. The Kier molecular flexibility index (Phi) is 8.06. The number of para-hydroxylation sites is 18. The number of carbonyl (C=O) groups is 1. The zero-order valence-corrected chi connectivity index (χ0v) is 38.5. The molecule has 11 aromatic rings. The second-order valence-corrected chi connectivity index (χ2v) is 18.2. The van der Waals surface area contributed by atoms with Gasteiger partial charge in [0.1, 0.15) is 0 Å². The second kappa shape index (κ2) is 14.9. The first-order valence-corrected chi connectivity index (χ1v) is 24.1. The van der Waals surface area contributed by atoms with Gasteiger partial charge in [-0.3, -0.25) is 19.2 Å². The van der Waals surface area contributed by atoms with Crippen LogP contribution in [-0.2, 0) is 0 Å². The van der Waals surface area contributed by atoms with Crippen LogP contribution < -0.4 is 38.5 Å². The predicted octanol–water partition coefficient (Wildman–Crippen LogP) is 17.0. The van der Waals surface area contributed by atoms with Gasteiger partial charge < -0.3 is 28.7 Å². The van der Waals surface area contributed by atoms with Crippen molar-refractivity contribution >= 4 is 85.2 Å². The molecule has 0 aliphatic carbocycles. The van der Waals surface area contributed by atoms with Gasteiger partial charge in [0.05, 0.1) is 90.4 Å². The molecule has 0 radical (unpaired) electrons. The third-order valence-electron chi connectivity index (χ3n) is 14.2. The summed E-state index contributed by atoms with van der Waals surface area (Å²) in [5, 5.41) is 0. The normalized spacial score (nSPS) is 13.8. The van der Waals surface area contributed by atoms with Crippen molar-refractivity contribution in [2.75, 3.05) is 19.6 Å². The van der Waals surface area contributed by atoms with Crippen LogP contribution in [0.15, 0.2) is 218 Å². The Morgan fingerprint density at radius 2 is 0.548 bits per heavy atom. The lowest BCUT2D eigenvalue weighted by Gasteiger charge is -2.45. The molecule has 16 rings (SSSR count). The first kappa shape index (κ1) is 39.6. The number of nitrogens with zero attached hydrogens (tertiary/aromatic N) is 6. The average Bonchev–Trinajstić information content (AvgIpc) is 3.96. The molecule has 6 heterocycles. The number of ether oxygens (including phenoxy) is 4. The Bertz CT molecular complexity index is 4020. The van der Waals surface area contributed by atoms with E-state index in [9.17, 15) is 0 Å². The fraction of sp³-hybridized carbons (Fsp3) is 0. The summed E-state index contributed by atoms with van der Waals surface area (Å²) in [5.41, 5.74) is 11.2. The molecule has 5 aliphatic rings. The van der Waals surface area contributed by atoms with Gasteiger partial charge in [-0.05, 0) is 109 Å². The van der Waals surface area contributed by atoms with Crippen molar-refractivity contribution in [1.82, 2.24) is 9.55 Å². The lowest BCUT2D eigenvalue weighted by atomic mass is 9.92. The van der Waals surface area contributed by atoms with Crippen molar-refractivity contribution in [3.05, 3.63) is 224 Å². The summed E-state index contributed by atoms with van der Waals surface area (Å²) in [7, 11) is 0. The highest BCUT2D eigenvalue weighted by molar-refractivity contribution is 6.27. The molecule has 0 spiro atoms. The molecule has 11 nitrogen and oxygen atoms in total. The molecule has 0 unspecified atom stereocenters. The number of anilines is 12. The Hall–Kier alpha value is -10.3. The first-order chi connectivity index (χ1) is 36.2. The minimum Gasteiger partial charge on any atom is -0.453 e. The molecule has 11 heteroatoms. The second-order valence-electron chi connectivity index (χ2n) is 18.2. The zero-order valence-electron chi connectivity index (χ0n) is 38.5. The van der Waals surface area contributed by atoms with Crippen molar-refractivity contribution in [3.8, 4) is 57.4 Å². The van der Waals surface area contributed by atoms with Gasteiger partial charge in [0, 0.05) is 0 Å². The highest BCUT2D eigenvalue weighted by atomic mass is 16.5. The van der Waals surface area contributed by atoms with Crippen LogP contribution in [0.1, 0.15) is 10.4 Å². The zero-order chi connectivity index (χ0) is 47.9. The van der Waals surface area contributed by atoms with Crippen LogP contribution in [0, 0.1) is 0 Å². The van der Waals surface area contributed by atoms with Crippen LogP contribution in [0.2, 0.25) is 0 Å². The topological polar surface area (TPSA) is 84.8 Å². The summed E-state index contributed by atoms with van der Waals surface area (Å²) in [6.45, 7) is 0. The molecule has 5 aliphatic heterocycles. The van der Waals surface area contributed by atoms with Crippen molar-refractivity contribution in [1.29, 1.82) is 0 Å². The summed E-state index contributed by atoms with van der Waals surface area (Å²) in [5.74, 6) is 5.37. The van der Waals surface area contributed by atoms with E-state index in [0.29, 0.717) is 96.7 Å². The highest BCUT2D eigenvalue weighted by Crippen LogP contribution is 2.69. The molecule has 73 heavy (non-hydrogen) atoms.